The summed E-state index contributed by atoms with van der Waals surface area (Å²) < 4.78 is 0. The smallest absolute Gasteiger partial charge is 0.348 e. The molecule has 5 N–H and O–H groups in total. The van der Waals surface area contributed by atoms with Gasteiger partial charge in [0, 0.05) is 0 Å². The Morgan fingerprint density at radius 2 is 2.22 bits per heavy atom. The van der Waals surface area contributed by atoms with Crippen LogP contribution >= 0.6 is 0 Å². The topological polar surface area (TPSA) is 93.5 Å². The van der Waals surface area contributed by atoms with Gasteiger partial charge in [-0.15, -0.1) is 0 Å². The number of carbonyl (C=O) groups is 1. The monoisotopic (exact) mass is 128 g/mol. The van der Waals surface area contributed by atoms with Crippen molar-refractivity contribution in [2.24, 2.45) is 16.5 Å². The van der Waals surface area contributed by atoms with Crippen molar-refractivity contribution in [2.45, 2.75) is 0 Å². The lowest BCUT2D eigenvalue weighted by Gasteiger charge is -1.90. The third-order valence-corrected chi connectivity index (χ3v) is 0.456. The highest BCUT2D eigenvalue weighted by atomic mass is 16.2. The lowest BCUT2D eigenvalue weighted by atomic mass is 10.9. The van der Waals surface area contributed by atoms with Crippen LogP contribution < -0.4 is 16.8 Å². The van der Waals surface area contributed by atoms with Gasteiger partial charge in [0.05, 0.1) is 0 Å². The van der Waals surface area contributed by atoms with E-state index in [1.165, 1.54) is 6.20 Å². The molecule has 0 heterocycles. The number of amides is 2. The zero-order chi connectivity index (χ0) is 7.28. The van der Waals surface area contributed by atoms with Gasteiger partial charge in [-0.2, -0.15) is 4.99 Å². The fourth-order valence-electron chi connectivity index (χ4n) is 0.237. The Kier molecular flexibility index (Phi) is 2.89. The van der Waals surface area contributed by atoms with Crippen LogP contribution in [0.3, 0.4) is 0 Å². The molecule has 5 heteroatoms. The minimum absolute atomic E-state index is 0.269. The molecule has 0 aromatic rings. The summed E-state index contributed by atoms with van der Waals surface area (Å²) in [5.41, 5.74) is 9.71. The van der Waals surface area contributed by atoms with Gasteiger partial charge in [0.1, 0.15) is 0 Å². The number of rotatable bonds is 1. The second-order valence-electron chi connectivity index (χ2n) is 1.19. The highest BCUT2D eigenvalue weighted by Gasteiger charge is 1.90. The molecule has 0 aromatic heterocycles. The van der Waals surface area contributed by atoms with Crippen molar-refractivity contribution < 1.29 is 4.79 Å². The van der Waals surface area contributed by atoms with Crippen molar-refractivity contribution >= 4 is 12.0 Å². The molecule has 0 atom stereocenters. The Hall–Kier alpha value is -1.52. The number of hydrogen-bond acceptors (Lipinski definition) is 1. The maximum Gasteiger partial charge on any atom is 0.348 e. The van der Waals surface area contributed by atoms with Crippen molar-refractivity contribution in [3.63, 3.8) is 0 Å². The lowest BCUT2D eigenvalue weighted by Crippen LogP contribution is -2.26. The summed E-state index contributed by atoms with van der Waals surface area (Å²) in [6, 6.07) is -0.620. The highest BCUT2D eigenvalue weighted by Crippen LogP contribution is 1.69. The number of aliphatic imine (C=N–C) groups is 1. The Balaban J connectivity index is 3.76. The van der Waals surface area contributed by atoms with Crippen LogP contribution in [0, 0.1) is 0 Å². The first-order valence-corrected chi connectivity index (χ1v) is 2.18. The molecule has 0 radical (unpaired) electrons. The minimum Gasteiger partial charge on any atom is -0.370 e. The van der Waals surface area contributed by atoms with Gasteiger partial charge in [-0.05, 0) is 6.20 Å². The highest BCUT2D eigenvalue weighted by molar-refractivity contribution is 5.90. The van der Waals surface area contributed by atoms with E-state index in [0.717, 1.165) is 0 Å². The number of carbonyl (C=O) groups excluding carboxylic acids is 1. The molecule has 0 saturated carbocycles. The quantitative estimate of drug-likeness (QED) is 0.316. The van der Waals surface area contributed by atoms with Gasteiger partial charge in [0.15, 0.2) is 5.96 Å². The second kappa shape index (κ2) is 3.48. The van der Waals surface area contributed by atoms with Crippen LogP contribution in [0.1, 0.15) is 0 Å². The second-order valence-corrected chi connectivity index (χ2v) is 1.19. The Labute approximate surface area is 52.4 Å². The van der Waals surface area contributed by atoms with Crippen LogP contribution in [0.25, 0.3) is 0 Å². The van der Waals surface area contributed by atoms with Crippen LogP contribution in [0.15, 0.2) is 17.8 Å². The summed E-state index contributed by atoms with van der Waals surface area (Å²) in [6.07, 6.45) is 1.19. The van der Waals surface area contributed by atoms with E-state index in [-0.39, 0.29) is 5.96 Å². The largest absolute Gasteiger partial charge is 0.370 e. The Bertz CT molecular complexity index is 147. The van der Waals surface area contributed by atoms with Crippen molar-refractivity contribution in [2.75, 3.05) is 0 Å². The predicted molar refractivity (Wildman–Crippen MR) is 34.5 cm³/mol. The molecule has 0 saturated heterocycles. The number of guanidine groups is 1. The summed E-state index contributed by atoms with van der Waals surface area (Å²) in [7, 11) is 0. The van der Waals surface area contributed by atoms with E-state index in [1.54, 1.807) is 0 Å². The number of nitrogens with one attached hydrogen (secondary N) is 1. The van der Waals surface area contributed by atoms with Crippen LogP contribution in [0.4, 0.5) is 4.79 Å². The molecular formula is C4H8N4O. The van der Waals surface area contributed by atoms with Crippen LogP contribution in [0.2, 0.25) is 0 Å². The summed E-state index contributed by atoms with van der Waals surface area (Å²) in [6.45, 7) is 3.23. The SMILES string of the molecule is C=CNC(=O)N=C(N)N. The van der Waals surface area contributed by atoms with Crippen molar-refractivity contribution in [1.82, 2.24) is 5.32 Å². The van der Waals surface area contributed by atoms with Crippen molar-refractivity contribution in [3.8, 4) is 0 Å². The fraction of sp³-hybridized carbons (Fsp3) is 0. The predicted octanol–water partition coefficient (Wildman–Crippen LogP) is -0.887. The van der Waals surface area contributed by atoms with Gasteiger partial charge < -0.3 is 16.8 Å². The Morgan fingerprint density at radius 1 is 1.67 bits per heavy atom. The molecule has 0 fully saturated rings. The van der Waals surface area contributed by atoms with Crippen molar-refractivity contribution in [1.29, 1.82) is 0 Å². The standard InChI is InChI=1S/C4H8N4O/c1-2-7-4(9)8-3(5)6/h2H,1H2,(H5,5,6,7,8,9). The molecule has 0 aliphatic rings. The first-order valence-electron chi connectivity index (χ1n) is 2.18. The normalized spacial score (nSPS) is 7.56. The Morgan fingerprint density at radius 3 is 2.56 bits per heavy atom. The maximum absolute atomic E-state index is 10.3. The molecule has 0 spiro atoms. The van der Waals surface area contributed by atoms with Crippen LogP contribution in [0.5, 0.6) is 0 Å². The van der Waals surface area contributed by atoms with E-state index in [9.17, 15) is 4.79 Å². The minimum atomic E-state index is -0.620. The van der Waals surface area contributed by atoms with E-state index in [4.69, 9.17) is 11.5 Å². The first-order chi connectivity index (χ1) is 4.16. The third-order valence-electron chi connectivity index (χ3n) is 0.456. The van der Waals surface area contributed by atoms with Gasteiger partial charge in [-0.3, -0.25) is 0 Å². The zero-order valence-electron chi connectivity index (χ0n) is 4.79. The van der Waals surface area contributed by atoms with Gasteiger partial charge in [0.2, 0.25) is 0 Å². The molecule has 0 bridgehead atoms. The summed E-state index contributed by atoms with van der Waals surface area (Å²) in [5.74, 6) is -0.269. The number of nitrogens with zero attached hydrogens (tertiary/aromatic N) is 1. The average Bonchev–Trinajstić information content (AvgIpc) is 1.63. The van der Waals surface area contributed by atoms with Gasteiger partial charge >= 0.3 is 6.03 Å². The molecule has 2 amide bonds. The zero-order valence-corrected chi connectivity index (χ0v) is 4.79. The van der Waals surface area contributed by atoms with Crippen LogP contribution in [-0.4, -0.2) is 12.0 Å². The molecule has 0 unspecified atom stereocenters. The average molecular weight is 128 g/mol. The van der Waals surface area contributed by atoms with E-state index in [2.05, 4.69) is 16.9 Å². The number of nitrogens with two attached hydrogens (primary N) is 2. The molecule has 0 aliphatic heterocycles. The third kappa shape index (κ3) is 4.33. The number of urea groups is 1. The van der Waals surface area contributed by atoms with Gasteiger partial charge in [-0.25, -0.2) is 4.79 Å². The van der Waals surface area contributed by atoms with Crippen LogP contribution in [-0.2, 0) is 0 Å². The molecule has 0 aliphatic carbocycles. The van der Waals surface area contributed by atoms with Crippen molar-refractivity contribution in [3.05, 3.63) is 12.8 Å². The molecule has 5 nitrogen and oxygen atoms in total. The fourth-order valence-corrected chi connectivity index (χ4v) is 0.237. The molecule has 9 heavy (non-hydrogen) atoms. The molecule has 0 aromatic carbocycles. The maximum atomic E-state index is 10.3. The number of hydrogen-bond donors (Lipinski definition) is 3. The molecule has 0 rings (SSSR count). The van der Waals surface area contributed by atoms with Gasteiger partial charge in [0.25, 0.3) is 0 Å². The van der Waals surface area contributed by atoms with E-state index < -0.39 is 6.03 Å². The lowest BCUT2D eigenvalue weighted by molar-refractivity contribution is 0.252. The van der Waals surface area contributed by atoms with Gasteiger partial charge in [-0.1, -0.05) is 6.58 Å². The molecule has 50 valence electrons. The first kappa shape index (κ1) is 7.48. The van der Waals surface area contributed by atoms with E-state index in [1.807, 2.05) is 0 Å². The summed E-state index contributed by atoms with van der Waals surface area (Å²) in [4.78, 5) is 13.4. The summed E-state index contributed by atoms with van der Waals surface area (Å²) in [5, 5.41) is 2.15. The summed E-state index contributed by atoms with van der Waals surface area (Å²) >= 11 is 0. The van der Waals surface area contributed by atoms with E-state index in [0.29, 0.717) is 0 Å². The molecular weight excluding hydrogens is 120 g/mol. The van der Waals surface area contributed by atoms with E-state index >= 15 is 0 Å².